The standard InChI is InChI=1S/C17H18F5N5O/c1-9-6-11(26-5-4-16(18,19)7-26)24-14-12(23-8-27(9)14)15(28)25-13(10-2-3-10)17(20,21)22/h6,8,10,13H,2-5,7H2,1H3,(H,25,28). The largest absolute Gasteiger partial charge is 0.408 e. The molecular formula is C17H18F5N5O. The predicted molar refractivity (Wildman–Crippen MR) is 89.5 cm³/mol. The Hall–Kier alpha value is -2.46. The summed E-state index contributed by atoms with van der Waals surface area (Å²) in [6.45, 7) is 1.28. The van der Waals surface area contributed by atoms with Gasteiger partial charge in [0.15, 0.2) is 11.3 Å². The van der Waals surface area contributed by atoms with E-state index in [1.165, 1.54) is 15.6 Å². The molecule has 11 heteroatoms. The highest BCUT2D eigenvalue weighted by atomic mass is 19.4. The van der Waals surface area contributed by atoms with Crippen LogP contribution in [0.1, 0.15) is 35.4 Å². The zero-order chi connectivity index (χ0) is 20.3. The summed E-state index contributed by atoms with van der Waals surface area (Å²) in [5, 5.41) is 2.02. The smallest absolute Gasteiger partial charge is 0.350 e. The number of anilines is 1. The number of aryl methyl sites for hydroxylation is 1. The van der Waals surface area contributed by atoms with Gasteiger partial charge >= 0.3 is 6.18 Å². The third-order valence-corrected chi connectivity index (χ3v) is 5.12. The van der Waals surface area contributed by atoms with Crippen molar-refractivity contribution >= 4 is 17.4 Å². The molecule has 152 valence electrons. The highest BCUT2D eigenvalue weighted by molar-refractivity contribution is 5.98. The Kier molecular flexibility index (Phi) is 4.23. The molecule has 1 aliphatic carbocycles. The lowest BCUT2D eigenvalue weighted by Crippen LogP contribution is -2.47. The quantitative estimate of drug-likeness (QED) is 0.798. The van der Waals surface area contributed by atoms with Crippen LogP contribution in [-0.4, -0.2) is 51.5 Å². The van der Waals surface area contributed by atoms with Crippen LogP contribution in [0.15, 0.2) is 12.4 Å². The van der Waals surface area contributed by atoms with Gasteiger partial charge in [0.05, 0.1) is 6.54 Å². The summed E-state index contributed by atoms with van der Waals surface area (Å²) in [5.41, 5.74) is 0.363. The molecule has 0 bridgehead atoms. The number of carbonyl (C=O) groups is 1. The van der Waals surface area contributed by atoms with Crippen LogP contribution in [0.25, 0.3) is 5.65 Å². The highest BCUT2D eigenvalue weighted by Crippen LogP contribution is 2.40. The van der Waals surface area contributed by atoms with E-state index in [1.807, 2.05) is 5.32 Å². The molecule has 1 unspecified atom stereocenters. The van der Waals surface area contributed by atoms with Gasteiger partial charge in [-0.1, -0.05) is 0 Å². The van der Waals surface area contributed by atoms with Crippen LogP contribution in [0.3, 0.4) is 0 Å². The van der Waals surface area contributed by atoms with Gasteiger partial charge in [0.1, 0.15) is 18.2 Å². The summed E-state index contributed by atoms with van der Waals surface area (Å²) >= 11 is 0. The molecule has 2 aliphatic rings. The number of fused-ring (bicyclic) bond motifs is 1. The molecule has 6 nitrogen and oxygen atoms in total. The SMILES string of the molecule is Cc1cc(N2CCC(F)(F)C2)nc2c(C(=O)NC(C3CC3)C(F)(F)F)ncn12. The average molecular weight is 403 g/mol. The molecule has 0 aromatic carbocycles. The molecule has 1 aliphatic heterocycles. The van der Waals surface area contributed by atoms with E-state index >= 15 is 0 Å². The van der Waals surface area contributed by atoms with E-state index < -0.39 is 36.5 Å². The molecule has 0 radical (unpaired) electrons. The summed E-state index contributed by atoms with van der Waals surface area (Å²) in [5.74, 6) is -4.19. The number of imidazole rings is 1. The fraction of sp³-hybridized carbons (Fsp3) is 0.588. The van der Waals surface area contributed by atoms with Crippen molar-refractivity contribution in [1.82, 2.24) is 19.7 Å². The first-order valence-corrected chi connectivity index (χ1v) is 8.90. The maximum absolute atomic E-state index is 13.5. The van der Waals surface area contributed by atoms with E-state index in [0.717, 1.165) is 0 Å². The van der Waals surface area contributed by atoms with Crippen LogP contribution in [0.5, 0.6) is 0 Å². The zero-order valence-corrected chi connectivity index (χ0v) is 14.9. The van der Waals surface area contributed by atoms with E-state index in [-0.39, 0.29) is 30.1 Å². The lowest BCUT2D eigenvalue weighted by molar-refractivity contribution is -0.158. The van der Waals surface area contributed by atoms with Gasteiger partial charge in [-0.2, -0.15) is 13.2 Å². The second kappa shape index (κ2) is 6.28. The average Bonchev–Trinajstić information content (AvgIpc) is 3.21. The minimum absolute atomic E-state index is 0.0411. The number of nitrogens with one attached hydrogen (secondary N) is 1. The minimum Gasteiger partial charge on any atom is -0.350 e. The van der Waals surface area contributed by atoms with Gasteiger partial charge in [0.25, 0.3) is 11.8 Å². The predicted octanol–water partition coefficient (Wildman–Crippen LogP) is 2.95. The topological polar surface area (TPSA) is 62.5 Å². The van der Waals surface area contributed by atoms with Crippen molar-refractivity contribution in [3.63, 3.8) is 0 Å². The molecule has 3 heterocycles. The number of amides is 1. The molecule has 2 fully saturated rings. The number of hydrogen-bond donors (Lipinski definition) is 1. The number of rotatable bonds is 4. The first-order valence-electron chi connectivity index (χ1n) is 8.90. The molecule has 28 heavy (non-hydrogen) atoms. The number of carbonyl (C=O) groups excluding carboxylic acids is 1. The number of aromatic nitrogens is 3. The van der Waals surface area contributed by atoms with E-state index in [1.54, 1.807) is 13.0 Å². The fourth-order valence-electron chi connectivity index (χ4n) is 3.46. The monoisotopic (exact) mass is 403 g/mol. The van der Waals surface area contributed by atoms with Crippen molar-refractivity contribution in [2.45, 2.75) is 44.3 Å². The lowest BCUT2D eigenvalue weighted by atomic mass is 10.1. The molecule has 2 aromatic rings. The summed E-state index contributed by atoms with van der Waals surface area (Å²) in [6.07, 6.45) is -2.77. The third kappa shape index (κ3) is 3.49. The Morgan fingerprint density at radius 2 is 2.07 bits per heavy atom. The molecular weight excluding hydrogens is 385 g/mol. The molecule has 0 spiro atoms. The third-order valence-electron chi connectivity index (χ3n) is 5.12. The van der Waals surface area contributed by atoms with Crippen LogP contribution < -0.4 is 10.2 Å². The molecule has 1 saturated carbocycles. The van der Waals surface area contributed by atoms with Gasteiger partial charge in [-0.25, -0.2) is 18.7 Å². The van der Waals surface area contributed by atoms with Crippen molar-refractivity contribution in [3.8, 4) is 0 Å². The van der Waals surface area contributed by atoms with E-state index in [4.69, 9.17) is 0 Å². The Morgan fingerprint density at radius 3 is 2.64 bits per heavy atom. The Balaban J connectivity index is 1.65. The van der Waals surface area contributed by atoms with E-state index in [9.17, 15) is 26.7 Å². The van der Waals surface area contributed by atoms with Crippen molar-refractivity contribution in [2.75, 3.05) is 18.0 Å². The molecule has 1 atom stereocenters. The summed E-state index contributed by atoms with van der Waals surface area (Å²) < 4.78 is 68.1. The number of alkyl halides is 5. The Labute approximate surface area is 156 Å². The van der Waals surface area contributed by atoms with E-state index in [0.29, 0.717) is 18.5 Å². The van der Waals surface area contributed by atoms with Crippen molar-refractivity contribution in [1.29, 1.82) is 0 Å². The van der Waals surface area contributed by atoms with Crippen LogP contribution in [0.2, 0.25) is 0 Å². The first kappa shape index (κ1) is 18.9. The van der Waals surface area contributed by atoms with Crippen LogP contribution >= 0.6 is 0 Å². The zero-order valence-electron chi connectivity index (χ0n) is 14.9. The second-order valence-electron chi connectivity index (χ2n) is 7.40. The fourth-order valence-corrected chi connectivity index (χ4v) is 3.46. The summed E-state index contributed by atoms with van der Waals surface area (Å²) in [6, 6.07) is -0.348. The molecule has 1 N–H and O–H groups in total. The van der Waals surface area contributed by atoms with Crippen LogP contribution in [0, 0.1) is 12.8 Å². The lowest BCUT2D eigenvalue weighted by Gasteiger charge is -2.21. The summed E-state index contributed by atoms with van der Waals surface area (Å²) in [7, 11) is 0. The molecule has 1 saturated heterocycles. The van der Waals surface area contributed by atoms with Gasteiger partial charge in [-0.15, -0.1) is 0 Å². The first-order chi connectivity index (χ1) is 13.0. The molecule has 2 aromatic heterocycles. The van der Waals surface area contributed by atoms with Crippen molar-refractivity contribution in [2.24, 2.45) is 5.92 Å². The number of nitrogens with zero attached hydrogens (tertiary/aromatic N) is 4. The van der Waals surface area contributed by atoms with Gasteiger partial charge in [0.2, 0.25) is 0 Å². The van der Waals surface area contributed by atoms with Crippen LogP contribution in [0.4, 0.5) is 27.8 Å². The van der Waals surface area contributed by atoms with E-state index in [2.05, 4.69) is 9.97 Å². The maximum atomic E-state index is 13.5. The van der Waals surface area contributed by atoms with Gasteiger partial charge in [-0.3, -0.25) is 9.20 Å². The second-order valence-corrected chi connectivity index (χ2v) is 7.40. The highest BCUT2D eigenvalue weighted by Gasteiger charge is 2.50. The van der Waals surface area contributed by atoms with Gasteiger partial charge in [-0.05, 0) is 25.7 Å². The Morgan fingerprint density at radius 1 is 1.36 bits per heavy atom. The number of hydrogen-bond acceptors (Lipinski definition) is 4. The maximum Gasteiger partial charge on any atom is 0.408 e. The van der Waals surface area contributed by atoms with Gasteiger partial charge < -0.3 is 10.2 Å². The van der Waals surface area contributed by atoms with Crippen LogP contribution in [-0.2, 0) is 0 Å². The van der Waals surface area contributed by atoms with Crippen molar-refractivity contribution < 1.29 is 26.7 Å². The molecule has 4 rings (SSSR count). The summed E-state index contributed by atoms with van der Waals surface area (Å²) in [4.78, 5) is 22.1. The minimum atomic E-state index is -4.55. The molecule has 1 amide bonds. The van der Waals surface area contributed by atoms with Gasteiger partial charge in [0, 0.05) is 24.7 Å². The van der Waals surface area contributed by atoms with Crippen molar-refractivity contribution in [3.05, 3.63) is 23.8 Å². The Bertz CT molecular complexity index is 921. The normalized spacial score (nSPS) is 20.6. The number of halogens is 5.